The molecule has 0 saturated heterocycles. The standard InChI is InChI=1S/C19H21ClN2O6S/c1-4-29(26,27)28-16-7-5-6-14(10-16)12-21(13(2)3)19(23)15-8-9-17(20)18(11-15)22(24)25/h5-11,13H,4,12H2,1-3H3. The van der Waals surface area contributed by atoms with Gasteiger partial charge in [-0.3, -0.25) is 14.9 Å². The van der Waals surface area contributed by atoms with Crippen LogP contribution >= 0.6 is 11.6 Å². The number of carbonyl (C=O) groups is 1. The van der Waals surface area contributed by atoms with E-state index in [9.17, 15) is 23.3 Å². The summed E-state index contributed by atoms with van der Waals surface area (Å²) in [6, 6.07) is 10.1. The maximum Gasteiger partial charge on any atom is 0.308 e. The summed E-state index contributed by atoms with van der Waals surface area (Å²) in [5.74, 6) is -0.418. The van der Waals surface area contributed by atoms with Crippen molar-refractivity contribution >= 4 is 33.3 Å². The predicted octanol–water partition coefficient (Wildman–Crippen LogP) is 4.03. The molecule has 0 aromatic heterocycles. The number of nitrogens with zero attached hydrogens (tertiary/aromatic N) is 2. The van der Waals surface area contributed by atoms with Gasteiger partial charge in [0.15, 0.2) is 0 Å². The average Bonchev–Trinajstić information content (AvgIpc) is 2.65. The molecule has 1 amide bonds. The summed E-state index contributed by atoms with van der Waals surface area (Å²) >= 11 is 5.82. The molecular formula is C19H21ClN2O6S. The summed E-state index contributed by atoms with van der Waals surface area (Å²) in [6.45, 7) is 5.26. The first-order valence-electron chi connectivity index (χ1n) is 8.80. The van der Waals surface area contributed by atoms with Crippen LogP contribution in [0, 0.1) is 10.1 Å². The van der Waals surface area contributed by atoms with E-state index in [4.69, 9.17) is 15.8 Å². The van der Waals surface area contributed by atoms with Crippen molar-refractivity contribution < 1.29 is 22.3 Å². The van der Waals surface area contributed by atoms with Crippen molar-refractivity contribution in [2.24, 2.45) is 0 Å². The van der Waals surface area contributed by atoms with Crippen LogP contribution < -0.4 is 4.18 Å². The summed E-state index contributed by atoms with van der Waals surface area (Å²) in [7, 11) is -3.67. The lowest BCUT2D eigenvalue weighted by atomic mass is 10.1. The van der Waals surface area contributed by atoms with Crippen LogP contribution in [0.25, 0.3) is 0 Å². The molecule has 2 aromatic rings. The van der Waals surface area contributed by atoms with Gasteiger partial charge in [-0.05, 0) is 50.6 Å². The molecular weight excluding hydrogens is 420 g/mol. The van der Waals surface area contributed by atoms with Gasteiger partial charge < -0.3 is 9.08 Å². The Morgan fingerprint density at radius 1 is 1.24 bits per heavy atom. The maximum atomic E-state index is 13.0. The fourth-order valence-electron chi connectivity index (χ4n) is 2.54. The van der Waals surface area contributed by atoms with Gasteiger partial charge in [0.1, 0.15) is 10.8 Å². The van der Waals surface area contributed by atoms with E-state index in [1.54, 1.807) is 18.2 Å². The third kappa shape index (κ3) is 5.91. The highest BCUT2D eigenvalue weighted by Crippen LogP contribution is 2.26. The van der Waals surface area contributed by atoms with Crippen molar-refractivity contribution in [3.8, 4) is 5.75 Å². The second kappa shape index (κ2) is 9.23. The van der Waals surface area contributed by atoms with Gasteiger partial charge in [0.05, 0.1) is 10.7 Å². The summed E-state index contributed by atoms with van der Waals surface area (Å²) < 4.78 is 28.3. The van der Waals surface area contributed by atoms with Crippen molar-refractivity contribution in [1.29, 1.82) is 0 Å². The van der Waals surface area contributed by atoms with Gasteiger partial charge in [-0.25, -0.2) is 0 Å². The minimum Gasteiger partial charge on any atom is -0.382 e. The van der Waals surface area contributed by atoms with Gasteiger partial charge in [-0.2, -0.15) is 8.42 Å². The lowest BCUT2D eigenvalue weighted by Gasteiger charge is -2.27. The number of nitro benzene ring substituents is 1. The molecule has 0 heterocycles. The Morgan fingerprint density at radius 2 is 1.93 bits per heavy atom. The molecule has 0 aliphatic carbocycles. The highest BCUT2D eigenvalue weighted by molar-refractivity contribution is 7.87. The van der Waals surface area contributed by atoms with E-state index >= 15 is 0 Å². The Labute approximate surface area is 174 Å². The second-order valence-corrected chi connectivity index (χ2v) is 8.79. The van der Waals surface area contributed by atoms with Crippen molar-refractivity contribution in [1.82, 2.24) is 4.90 Å². The molecule has 0 fully saturated rings. The molecule has 2 aromatic carbocycles. The molecule has 0 N–H and O–H groups in total. The molecule has 156 valence electrons. The van der Waals surface area contributed by atoms with Gasteiger partial charge >= 0.3 is 10.1 Å². The lowest BCUT2D eigenvalue weighted by Crippen LogP contribution is -2.36. The Balaban J connectivity index is 2.30. The van der Waals surface area contributed by atoms with E-state index < -0.39 is 20.9 Å². The van der Waals surface area contributed by atoms with Gasteiger partial charge in [-0.15, -0.1) is 0 Å². The van der Waals surface area contributed by atoms with Gasteiger partial charge in [-0.1, -0.05) is 23.7 Å². The van der Waals surface area contributed by atoms with Crippen molar-refractivity contribution in [2.75, 3.05) is 5.75 Å². The number of hydrogen-bond acceptors (Lipinski definition) is 6. The summed E-state index contributed by atoms with van der Waals surface area (Å²) in [6.07, 6.45) is 0. The fourth-order valence-corrected chi connectivity index (χ4v) is 3.24. The molecule has 0 unspecified atom stereocenters. The fraction of sp³-hybridized carbons (Fsp3) is 0.316. The molecule has 0 aliphatic rings. The van der Waals surface area contributed by atoms with E-state index in [1.165, 1.54) is 30.0 Å². The average molecular weight is 441 g/mol. The van der Waals surface area contributed by atoms with Crippen LogP contribution in [0.3, 0.4) is 0 Å². The lowest BCUT2D eigenvalue weighted by molar-refractivity contribution is -0.384. The summed E-state index contributed by atoms with van der Waals surface area (Å²) in [5, 5.41) is 11.0. The van der Waals surface area contributed by atoms with Crippen molar-refractivity contribution in [3.05, 3.63) is 68.7 Å². The number of benzene rings is 2. The monoisotopic (exact) mass is 440 g/mol. The van der Waals surface area contributed by atoms with Gasteiger partial charge in [0.2, 0.25) is 0 Å². The third-order valence-electron chi connectivity index (χ3n) is 4.10. The van der Waals surface area contributed by atoms with Crippen LogP contribution in [0.15, 0.2) is 42.5 Å². The zero-order valence-electron chi connectivity index (χ0n) is 16.2. The molecule has 2 rings (SSSR count). The first-order valence-corrected chi connectivity index (χ1v) is 10.8. The summed E-state index contributed by atoms with van der Waals surface area (Å²) in [5.41, 5.74) is 0.441. The SMILES string of the molecule is CCS(=O)(=O)Oc1cccc(CN(C(=O)c2ccc(Cl)c([N+](=O)[O-])c2)C(C)C)c1. The first-order chi connectivity index (χ1) is 13.5. The molecule has 0 aliphatic heterocycles. The van der Waals surface area contributed by atoms with E-state index in [1.807, 2.05) is 13.8 Å². The molecule has 29 heavy (non-hydrogen) atoms. The largest absolute Gasteiger partial charge is 0.382 e. The zero-order valence-corrected chi connectivity index (χ0v) is 17.7. The highest BCUT2D eigenvalue weighted by atomic mass is 35.5. The number of nitro groups is 1. The maximum absolute atomic E-state index is 13.0. The Kier molecular flexibility index (Phi) is 7.21. The quantitative estimate of drug-likeness (QED) is 0.348. The number of hydrogen-bond donors (Lipinski definition) is 0. The van der Waals surface area contributed by atoms with Crippen LogP contribution in [0.5, 0.6) is 5.75 Å². The van der Waals surface area contributed by atoms with Crippen LogP contribution in [-0.4, -0.2) is 35.9 Å². The molecule has 10 heteroatoms. The Morgan fingerprint density at radius 3 is 2.52 bits per heavy atom. The van der Waals surface area contributed by atoms with E-state index in [-0.39, 0.29) is 40.4 Å². The topological polar surface area (TPSA) is 107 Å². The number of halogens is 1. The molecule has 0 radical (unpaired) electrons. The number of carbonyl (C=O) groups excluding carboxylic acids is 1. The third-order valence-corrected chi connectivity index (χ3v) is 5.58. The number of rotatable bonds is 8. The Hall–Kier alpha value is -2.65. The molecule has 0 saturated carbocycles. The van der Waals surface area contributed by atoms with Gasteiger partial charge in [0.25, 0.3) is 11.6 Å². The number of amides is 1. The zero-order chi connectivity index (χ0) is 21.8. The summed E-state index contributed by atoms with van der Waals surface area (Å²) in [4.78, 5) is 24.9. The minimum absolute atomic E-state index is 0.0513. The predicted molar refractivity (Wildman–Crippen MR) is 110 cm³/mol. The van der Waals surface area contributed by atoms with Crippen LogP contribution in [0.1, 0.15) is 36.7 Å². The van der Waals surface area contributed by atoms with Crippen LogP contribution in [-0.2, 0) is 16.7 Å². The second-order valence-electron chi connectivity index (χ2n) is 6.53. The van der Waals surface area contributed by atoms with Crippen LogP contribution in [0.2, 0.25) is 5.02 Å². The van der Waals surface area contributed by atoms with E-state index in [0.717, 1.165) is 6.07 Å². The minimum atomic E-state index is -3.67. The molecule has 0 atom stereocenters. The van der Waals surface area contributed by atoms with E-state index in [2.05, 4.69) is 0 Å². The smallest absolute Gasteiger partial charge is 0.308 e. The first kappa shape index (κ1) is 22.6. The van der Waals surface area contributed by atoms with Crippen molar-refractivity contribution in [3.63, 3.8) is 0 Å². The highest BCUT2D eigenvalue weighted by Gasteiger charge is 2.23. The molecule has 0 spiro atoms. The normalized spacial score (nSPS) is 11.3. The molecule has 8 nitrogen and oxygen atoms in total. The van der Waals surface area contributed by atoms with E-state index in [0.29, 0.717) is 5.56 Å². The van der Waals surface area contributed by atoms with Gasteiger partial charge in [0, 0.05) is 24.2 Å². The van der Waals surface area contributed by atoms with Crippen LogP contribution in [0.4, 0.5) is 5.69 Å². The van der Waals surface area contributed by atoms with Crippen molar-refractivity contribution in [2.45, 2.75) is 33.4 Å². The Bertz CT molecular complexity index is 1020. The molecule has 0 bridgehead atoms.